The molecule has 0 aliphatic heterocycles. The average Bonchev–Trinajstić information content (AvgIpc) is 2.81. The molecule has 1 aromatic heterocycles. The summed E-state index contributed by atoms with van der Waals surface area (Å²) in [6.07, 6.45) is 6.50. The van der Waals surface area contributed by atoms with Crippen LogP contribution in [0.1, 0.15) is 81.3 Å². The molecule has 0 N–H and O–H groups in total. The van der Waals surface area contributed by atoms with Gasteiger partial charge in [0.2, 0.25) is 0 Å². The fourth-order valence-corrected chi connectivity index (χ4v) is 5.39. The minimum atomic E-state index is -0.258. The van der Waals surface area contributed by atoms with Crippen molar-refractivity contribution in [1.82, 2.24) is 4.98 Å². The van der Waals surface area contributed by atoms with Gasteiger partial charge < -0.3 is 9.53 Å². The second kappa shape index (κ2) is 10.8. The molecule has 1 aromatic carbocycles. The summed E-state index contributed by atoms with van der Waals surface area (Å²) in [4.78, 5) is 17.0. The van der Waals surface area contributed by atoms with Crippen LogP contribution in [0, 0.1) is 18.7 Å². The van der Waals surface area contributed by atoms with Gasteiger partial charge >= 0.3 is 0 Å². The van der Waals surface area contributed by atoms with E-state index in [9.17, 15) is 9.18 Å². The van der Waals surface area contributed by atoms with Crippen LogP contribution in [-0.2, 0) is 22.4 Å². The SMILES string of the molecule is C=C(C)/C(COC)=C(\C=C(/C)c1nc2cc(F)c(C)c3c2c(c1CC)C(C)CC3)C(C=O)CC. The zero-order valence-corrected chi connectivity index (χ0v) is 21.8. The maximum atomic E-state index is 14.8. The average molecular weight is 464 g/mol. The molecule has 2 atom stereocenters. The first-order chi connectivity index (χ1) is 16.2. The lowest BCUT2D eigenvalue weighted by atomic mass is 9.78. The van der Waals surface area contributed by atoms with Gasteiger partial charge in [0.1, 0.15) is 12.1 Å². The minimum Gasteiger partial charge on any atom is -0.380 e. The Balaban J connectivity index is 2.36. The molecule has 4 heteroatoms. The number of allylic oxidation sites excluding steroid dienone is 3. The standard InChI is InChI=1S/C30H38FNO2/c1-9-21(15-33)24(25(16-34-8)17(3)4)13-19(6)30-22(10-2)28-18(5)11-12-23-20(7)26(31)14-27(32-30)29(23)28/h13-15,18,21H,3,9-12,16H2,1-2,4-8H3/b19-13+,25-24+. The second-order valence-corrected chi connectivity index (χ2v) is 9.63. The monoisotopic (exact) mass is 463 g/mol. The lowest BCUT2D eigenvalue weighted by Gasteiger charge is -2.28. The Morgan fingerprint density at radius 3 is 2.62 bits per heavy atom. The number of hydrogen-bond donors (Lipinski definition) is 0. The van der Waals surface area contributed by atoms with Crippen LogP contribution in [0.15, 0.2) is 35.4 Å². The molecule has 1 heterocycles. The summed E-state index contributed by atoms with van der Waals surface area (Å²) >= 11 is 0. The van der Waals surface area contributed by atoms with E-state index in [1.807, 2.05) is 27.7 Å². The van der Waals surface area contributed by atoms with E-state index in [1.165, 1.54) is 11.1 Å². The number of ether oxygens (including phenoxy) is 1. The number of nitrogens with zero attached hydrogens (tertiary/aromatic N) is 1. The Hall–Kier alpha value is -2.59. The van der Waals surface area contributed by atoms with Gasteiger partial charge in [0.05, 0.1) is 17.8 Å². The number of carbonyl (C=O) groups excluding carboxylic acids is 1. The molecule has 0 saturated heterocycles. The molecule has 1 aliphatic carbocycles. The first-order valence-electron chi connectivity index (χ1n) is 12.4. The van der Waals surface area contributed by atoms with Crippen molar-refractivity contribution in [2.24, 2.45) is 5.92 Å². The fraction of sp³-hybridized carbons (Fsp3) is 0.467. The Bertz CT molecular complexity index is 1190. The van der Waals surface area contributed by atoms with Crippen molar-refractivity contribution in [3.05, 3.63) is 69.2 Å². The van der Waals surface area contributed by atoms with Crippen LogP contribution in [0.3, 0.4) is 0 Å². The Morgan fingerprint density at radius 2 is 2.06 bits per heavy atom. The van der Waals surface area contributed by atoms with Crippen LogP contribution < -0.4 is 0 Å². The number of halogens is 1. The number of aryl methyl sites for hydroxylation is 1. The van der Waals surface area contributed by atoms with Crippen LogP contribution in [0.25, 0.3) is 16.5 Å². The van der Waals surface area contributed by atoms with Crippen molar-refractivity contribution in [3.63, 3.8) is 0 Å². The summed E-state index contributed by atoms with van der Waals surface area (Å²) in [5.41, 5.74) is 9.73. The Morgan fingerprint density at radius 1 is 1.35 bits per heavy atom. The highest BCUT2D eigenvalue weighted by atomic mass is 19.1. The van der Waals surface area contributed by atoms with Crippen LogP contribution in [-0.4, -0.2) is 25.0 Å². The van der Waals surface area contributed by atoms with Crippen LogP contribution in [0.2, 0.25) is 0 Å². The molecule has 34 heavy (non-hydrogen) atoms. The molecule has 0 fully saturated rings. The highest BCUT2D eigenvalue weighted by molar-refractivity contribution is 5.91. The molecule has 0 spiro atoms. The Kier molecular flexibility index (Phi) is 8.25. The highest BCUT2D eigenvalue weighted by Gasteiger charge is 2.27. The van der Waals surface area contributed by atoms with E-state index in [0.717, 1.165) is 75.6 Å². The number of carbonyl (C=O) groups is 1. The van der Waals surface area contributed by atoms with Gasteiger partial charge in [-0.1, -0.05) is 39.0 Å². The number of methoxy groups -OCH3 is 1. The Labute approximate surface area is 203 Å². The molecule has 182 valence electrons. The van der Waals surface area contributed by atoms with Gasteiger partial charge in [0, 0.05) is 24.5 Å². The number of rotatable bonds is 9. The predicted molar refractivity (Wildman–Crippen MR) is 140 cm³/mol. The number of pyridine rings is 1. The molecule has 0 radical (unpaired) electrons. The van der Waals surface area contributed by atoms with E-state index >= 15 is 0 Å². The third-order valence-electron chi connectivity index (χ3n) is 7.32. The lowest BCUT2D eigenvalue weighted by molar-refractivity contribution is -0.110. The number of aromatic nitrogens is 1. The smallest absolute Gasteiger partial charge is 0.128 e. The second-order valence-electron chi connectivity index (χ2n) is 9.63. The molecule has 0 saturated carbocycles. The molecule has 0 amide bonds. The lowest BCUT2D eigenvalue weighted by Crippen LogP contribution is -2.14. The highest BCUT2D eigenvalue weighted by Crippen LogP contribution is 2.42. The molecular formula is C30H38FNO2. The van der Waals surface area contributed by atoms with Crippen LogP contribution in [0.5, 0.6) is 0 Å². The normalized spacial score (nSPS) is 17.5. The van der Waals surface area contributed by atoms with E-state index in [4.69, 9.17) is 9.72 Å². The number of aldehydes is 1. The fourth-order valence-electron chi connectivity index (χ4n) is 5.39. The van der Waals surface area contributed by atoms with Crippen LogP contribution >= 0.6 is 0 Å². The van der Waals surface area contributed by atoms with Gasteiger partial charge in [-0.05, 0) is 91.3 Å². The summed E-state index contributed by atoms with van der Waals surface area (Å²) in [7, 11) is 1.65. The van der Waals surface area contributed by atoms with Crippen molar-refractivity contribution in [3.8, 4) is 0 Å². The van der Waals surface area contributed by atoms with Gasteiger partial charge in [-0.15, -0.1) is 0 Å². The third kappa shape index (κ3) is 4.65. The van der Waals surface area contributed by atoms with E-state index in [0.29, 0.717) is 18.9 Å². The first-order valence-corrected chi connectivity index (χ1v) is 12.4. The molecule has 0 bridgehead atoms. The van der Waals surface area contributed by atoms with Crippen molar-refractivity contribution >= 4 is 22.8 Å². The zero-order chi connectivity index (χ0) is 25.2. The van der Waals surface area contributed by atoms with Gasteiger partial charge in [-0.25, -0.2) is 9.37 Å². The zero-order valence-electron chi connectivity index (χ0n) is 21.8. The quantitative estimate of drug-likeness (QED) is 0.286. The number of hydrogen-bond acceptors (Lipinski definition) is 3. The van der Waals surface area contributed by atoms with Crippen molar-refractivity contribution in [2.75, 3.05) is 13.7 Å². The molecular weight excluding hydrogens is 425 g/mol. The van der Waals surface area contributed by atoms with E-state index < -0.39 is 0 Å². The van der Waals surface area contributed by atoms with Gasteiger partial charge in [-0.3, -0.25) is 0 Å². The maximum Gasteiger partial charge on any atom is 0.128 e. The van der Waals surface area contributed by atoms with E-state index in [-0.39, 0.29) is 11.7 Å². The number of benzene rings is 1. The summed E-state index contributed by atoms with van der Waals surface area (Å²) < 4.78 is 20.3. The molecule has 3 rings (SSSR count). The van der Waals surface area contributed by atoms with Gasteiger partial charge in [0.25, 0.3) is 0 Å². The largest absolute Gasteiger partial charge is 0.380 e. The minimum absolute atomic E-state index is 0.190. The summed E-state index contributed by atoms with van der Waals surface area (Å²) in [5.74, 6) is -0.0619. The predicted octanol–water partition coefficient (Wildman–Crippen LogP) is 7.44. The summed E-state index contributed by atoms with van der Waals surface area (Å²) in [5, 5.41) is 1.14. The van der Waals surface area contributed by atoms with E-state index in [1.54, 1.807) is 13.2 Å². The van der Waals surface area contributed by atoms with Gasteiger partial charge in [0.15, 0.2) is 0 Å². The molecule has 3 nitrogen and oxygen atoms in total. The van der Waals surface area contributed by atoms with Crippen molar-refractivity contribution in [1.29, 1.82) is 0 Å². The van der Waals surface area contributed by atoms with Crippen molar-refractivity contribution in [2.45, 2.75) is 73.1 Å². The molecule has 2 aromatic rings. The van der Waals surface area contributed by atoms with Crippen LogP contribution in [0.4, 0.5) is 4.39 Å². The van der Waals surface area contributed by atoms with Gasteiger partial charge in [-0.2, -0.15) is 0 Å². The maximum absolute atomic E-state index is 14.8. The molecule has 1 aliphatic rings. The third-order valence-corrected chi connectivity index (χ3v) is 7.32. The van der Waals surface area contributed by atoms with E-state index in [2.05, 4.69) is 26.5 Å². The summed E-state index contributed by atoms with van der Waals surface area (Å²) in [6, 6.07) is 1.59. The van der Waals surface area contributed by atoms with Crippen molar-refractivity contribution < 1.29 is 13.9 Å². The topological polar surface area (TPSA) is 39.2 Å². The first kappa shape index (κ1) is 26.0. The molecule has 2 unspecified atom stereocenters. The summed E-state index contributed by atoms with van der Waals surface area (Å²) in [6.45, 7) is 16.8.